The molecule has 9 nitrogen and oxygen atoms in total. The summed E-state index contributed by atoms with van der Waals surface area (Å²) in [6.07, 6.45) is 0.885. The van der Waals surface area contributed by atoms with Crippen molar-refractivity contribution in [3.8, 4) is 11.1 Å². The van der Waals surface area contributed by atoms with Crippen LogP contribution in [0.15, 0.2) is 72.8 Å². The maximum absolute atomic E-state index is 14.0. The molecule has 9 heteroatoms. The van der Waals surface area contributed by atoms with Crippen LogP contribution in [0, 0.1) is 0 Å². The number of ether oxygens (including phenoxy) is 1. The molecular weight excluding hydrogens is 556 g/mol. The number of nitrogens with zero attached hydrogens (tertiary/aromatic N) is 1. The monoisotopic (exact) mass is 596 g/mol. The number of carbonyl (C=O) groups excluding carboxylic acids is 4. The topological polar surface area (TPSA) is 117 Å². The van der Waals surface area contributed by atoms with Gasteiger partial charge in [0.25, 0.3) is 5.91 Å². The fourth-order valence-corrected chi connectivity index (χ4v) is 5.75. The molecule has 2 atom stereocenters. The van der Waals surface area contributed by atoms with Gasteiger partial charge in [-0.25, -0.2) is 0 Å². The standard InChI is InChI=1S/C35H40N4O5/c1-23-21-37-35(2,3)20-31(40)38-29-17-16-26-8-4-7-11-30(26)39(34(29)43)22-24-12-14-25(15-13-24)27-9-5-6-10-28(27)33(42)36-19-18-32(41)44-23/h4-15,23,29,37H,16-22H2,1-3H3,(H,36,42)(H,38,40)/t23-,29-/m1/s1. The van der Waals surface area contributed by atoms with Crippen LogP contribution in [0.1, 0.15) is 61.5 Å². The highest BCUT2D eigenvalue weighted by molar-refractivity contribution is 6.01. The number of esters is 1. The van der Waals surface area contributed by atoms with Gasteiger partial charge in [-0.15, -0.1) is 0 Å². The van der Waals surface area contributed by atoms with Gasteiger partial charge in [0.05, 0.1) is 13.0 Å². The first kappa shape index (κ1) is 30.9. The predicted octanol–water partition coefficient (Wildman–Crippen LogP) is 4.14. The van der Waals surface area contributed by atoms with Crippen molar-refractivity contribution < 1.29 is 23.9 Å². The second kappa shape index (κ2) is 13.4. The number of anilines is 1. The molecule has 0 fully saturated rings. The van der Waals surface area contributed by atoms with Crippen LogP contribution in [0.5, 0.6) is 0 Å². The molecule has 3 heterocycles. The van der Waals surface area contributed by atoms with Crippen LogP contribution in [0.25, 0.3) is 11.1 Å². The number of hydrogen-bond donors (Lipinski definition) is 3. The number of carbonyl (C=O) groups is 4. The van der Waals surface area contributed by atoms with Gasteiger partial charge in [-0.2, -0.15) is 0 Å². The lowest BCUT2D eigenvalue weighted by molar-refractivity contribution is -0.148. The SMILES string of the molecule is C[C@@H]1CNC(C)(C)CC(=O)N[C@@H]2CCc3ccccc3N(Cc3ccc(cc3)-c3ccccc3C(=O)NCCC(=O)O1)C2=O. The maximum atomic E-state index is 14.0. The van der Waals surface area contributed by atoms with Crippen LogP contribution in [0.3, 0.4) is 0 Å². The Hall–Kier alpha value is -4.50. The van der Waals surface area contributed by atoms with Crippen molar-refractivity contribution in [3.63, 3.8) is 0 Å². The molecule has 0 spiro atoms. The fraction of sp³-hybridized carbons (Fsp3) is 0.371. The van der Waals surface area contributed by atoms with Gasteiger partial charge >= 0.3 is 5.97 Å². The second-order valence-corrected chi connectivity index (χ2v) is 12.2. The summed E-state index contributed by atoms with van der Waals surface area (Å²) in [5.41, 5.74) is 4.33. The molecule has 0 saturated carbocycles. The molecule has 3 N–H and O–H groups in total. The average Bonchev–Trinajstić information content (AvgIpc) is 3.12. The smallest absolute Gasteiger partial charge is 0.307 e. The lowest BCUT2D eigenvalue weighted by atomic mass is 9.98. The van der Waals surface area contributed by atoms with Crippen LogP contribution in [-0.4, -0.2) is 54.5 Å². The summed E-state index contributed by atoms with van der Waals surface area (Å²) in [5, 5.41) is 9.15. The first-order valence-electron chi connectivity index (χ1n) is 15.2. The normalized spacial score (nSPS) is 21.7. The van der Waals surface area contributed by atoms with E-state index in [-0.39, 0.29) is 37.1 Å². The Morgan fingerprint density at radius 1 is 0.864 bits per heavy atom. The second-order valence-electron chi connectivity index (χ2n) is 12.2. The lowest BCUT2D eigenvalue weighted by Crippen LogP contribution is -2.51. The summed E-state index contributed by atoms with van der Waals surface area (Å²) in [6, 6.07) is 22.3. The first-order chi connectivity index (χ1) is 21.1. The molecule has 0 radical (unpaired) electrons. The summed E-state index contributed by atoms with van der Waals surface area (Å²) in [6.45, 7) is 6.40. The van der Waals surface area contributed by atoms with E-state index in [1.807, 2.05) is 74.5 Å². The van der Waals surface area contributed by atoms with Crippen molar-refractivity contribution in [1.29, 1.82) is 0 Å². The van der Waals surface area contributed by atoms with Crippen molar-refractivity contribution in [1.82, 2.24) is 16.0 Å². The Kier molecular flexibility index (Phi) is 9.44. The van der Waals surface area contributed by atoms with Gasteiger partial charge in [-0.1, -0.05) is 60.7 Å². The zero-order valence-corrected chi connectivity index (χ0v) is 25.5. The minimum atomic E-state index is -0.670. The van der Waals surface area contributed by atoms with Crippen molar-refractivity contribution in [2.45, 2.75) is 70.7 Å². The van der Waals surface area contributed by atoms with E-state index < -0.39 is 23.7 Å². The number of benzene rings is 3. The molecule has 0 saturated heterocycles. The number of para-hydroxylation sites is 1. The van der Waals surface area contributed by atoms with E-state index in [9.17, 15) is 19.2 Å². The van der Waals surface area contributed by atoms with Gasteiger partial charge in [-0.05, 0) is 68.0 Å². The molecule has 230 valence electrons. The molecule has 3 aliphatic rings. The average molecular weight is 597 g/mol. The van der Waals surface area contributed by atoms with Gasteiger partial charge in [0.15, 0.2) is 0 Å². The molecule has 0 aromatic heterocycles. The molecule has 0 aliphatic carbocycles. The van der Waals surface area contributed by atoms with Gasteiger partial charge in [-0.3, -0.25) is 19.2 Å². The highest BCUT2D eigenvalue weighted by Crippen LogP contribution is 2.30. The van der Waals surface area contributed by atoms with Crippen LogP contribution in [0.4, 0.5) is 5.69 Å². The van der Waals surface area contributed by atoms with E-state index in [2.05, 4.69) is 16.0 Å². The largest absolute Gasteiger partial charge is 0.461 e. The molecular formula is C35H40N4O5. The van der Waals surface area contributed by atoms with Crippen molar-refractivity contribution in [3.05, 3.63) is 89.5 Å². The van der Waals surface area contributed by atoms with Gasteiger partial charge in [0.1, 0.15) is 12.1 Å². The molecule has 3 aromatic carbocycles. The fourth-order valence-electron chi connectivity index (χ4n) is 5.75. The molecule has 3 aromatic rings. The van der Waals surface area contributed by atoms with E-state index in [4.69, 9.17) is 4.74 Å². The number of rotatable bonds is 0. The lowest BCUT2D eigenvalue weighted by Gasteiger charge is -2.29. The third-order valence-electron chi connectivity index (χ3n) is 8.08. The molecule has 3 aliphatic heterocycles. The third-order valence-corrected chi connectivity index (χ3v) is 8.08. The Labute approximate surface area is 258 Å². The number of amides is 3. The Bertz CT molecular complexity index is 1530. The van der Waals surface area contributed by atoms with Crippen LogP contribution < -0.4 is 20.9 Å². The molecule has 44 heavy (non-hydrogen) atoms. The zero-order chi connectivity index (χ0) is 31.3. The molecule has 6 rings (SSSR count). The highest BCUT2D eigenvalue weighted by Gasteiger charge is 2.33. The van der Waals surface area contributed by atoms with E-state index >= 15 is 0 Å². The van der Waals surface area contributed by atoms with Crippen LogP contribution in [-0.2, 0) is 32.1 Å². The quantitative estimate of drug-likeness (QED) is 0.336. The maximum Gasteiger partial charge on any atom is 0.307 e. The third kappa shape index (κ3) is 7.52. The minimum Gasteiger partial charge on any atom is -0.461 e. The van der Waals surface area contributed by atoms with E-state index in [0.717, 1.165) is 27.9 Å². The minimum absolute atomic E-state index is 0.0355. The van der Waals surface area contributed by atoms with Gasteiger partial charge < -0.3 is 25.6 Å². The van der Waals surface area contributed by atoms with Crippen molar-refractivity contribution >= 4 is 29.4 Å². The van der Waals surface area contributed by atoms with E-state index in [1.165, 1.54) is 0 Å². The van der Waals surface area contributed by atoms with E-state index in [0.29, 0.717) is 31.5 Å². The van der Waals surface area contributed by atoms with Crippen LogP contribution >= 0.6 is 0 Å². The summed E-state index contributed by atoms with van der Waals surface area (Å²) in [7, 11) is 0. The van der Waals surface area contributed by atoms with Gasteiger partial charge in [0, 0.05) is 36.3 Å². The molecule has 0 unspecified atom stereocenters. The first-order valence-corrected chi connectivity index (χ1v) is 15.2. The summed E-state index contributed by atoms with van der Waals surface area (Å²) < 4.78 is 5.53. The Morgan fingerprint density at radius 3 is 2.34 bits per heavy atom. The number of aryl methyl sites for hydroxylation is 1. The van der Waals surface area contributed by atoms with E-state index in [1.54, 1.807) is 24.0 Å². The van der Waals surface area contributed by atoms with Gasteiger partial charge in [0.2, 0.25) is 11.8 Å². The number of fused-ring (bicyclic) bond motifs is 15. The Balaban J connectivity index is 1.46. The highest BCUT2D eigenvalue weighted by atomic mass is 16.5. The van der Waals surface area contributed by atoms with Crippen molar-refractivity contribution in [2.75, 3.05) is 18.0 Å². The van der Waals surface area contributed by atoms with Crippen molar-refractivity contribution in [2.24, 2.45) is 0 Å². The Morgan fingerprint density at radius 2 is 1.57 bits per heavy atom. The number of nitrogens with one attached hydrogen (secondary N) is 3. The van der Waals surface area contributed by atoms with Crippen LogP contribution in [0.2, 0.25) is 0 Å². The number of hydrogen-bond acceptors (Lipinski definition) is 6. The summed E-state index contributed by atoms with van der Waals surface area (Å²) in [5.74, 6) is -1.08. The summed E-state index contributed by atoms with van der Waals surface area (Å²) >= 11 is 0. The molecule has 3 amide bonds. The molecule has 4 bridgehead atoms. The zero-order valence-electron chi connectivity index (χ0n) is 25.5. The summed E-state index contributed by atoms with van der Waals surface area (Å²) in [4.78, 5) is 54.5. The predicted molar refractivity (Wildman–Crippen MR) is 169 cm³/mol.